The highest BCUT2D eigenvalue weighted by atomic mass is 16.5. The Balaban J connectivity index is 1.36. The van der Waals surface area contributed by atoms with Crippen molar-refractivity contribution in [1.82, 2.24) is 14.9 Å². The lowest BCUT2D eigenvalue weighted by Gasteiger charge is -2.37. The van der Waals surface area contributed by atoms with Crippen LogP contribution in [0.25, 0.3) is 0 Å². The van der Waals surface area contributed by atoms with Crippen molar-refractivity contribution < 1.29 is 9.53 Å². The maximum atomic E-state index is 11.5. The Hall–Kier alpha value is -3.03. The second-order valence-electron chi connectivity index (χ2n) is 7.38. The van der Waals surface area contributed by atoms with Gasteiger partial charge in [-0.3, -0.25) is 4.79 Å². The van der Waals surface area contributed by atoms with Gasteiger partial charge in [0.2, 0.25) is 11.9 Å². The van der Waals surface area contributed by atoms with Crippen molar-refractivity contribution in [1.29, 1.82) is 0 Å². The maximum absolute atomic E-state index is 11.5. The van der Waals surface area contributed by atoms with Gasteiger partial charge in [0.05, 0.1) is 7.11 Å². The smallest absolute Gasteiger partial charge is 0.227 e. The topological polar surface area (TPSA) is 65.0 Å². The molecule has 0 saturated carbocycles. The molecule has 0 atom stereocenters. The number of nitrogens with zero attached hydrogens (tertiary/aromatic N) is 6. The number of piperazine rings is 2. The number of benzene rings is 1. The molecule has 0 unspecified atom stereocenters. The second-order valence-corrected chi connectivity index (χ2v) is 7.38. The third-order valence-corrected chi connectivity index (χ3v) is 5.68. The van der Waals surface area contributed by atoms with Crippen LogP contribution in [0, 0.1) is 0 Å². The molecule has 3 heterocycles. The average molecular weight is 396 g/mol. The predicted molar refractivity (Wildman–Crippen MR) is 114 cm³/mol. The second kappa shape index (κ2) is 8.55. The highest BCUT2D eigenvalue weighted by Gasteiger charge is 2.22. The number of anilines is 3. The van der Waals surface area contributed by atoms with Gasteiger partial charge in [0.1, 0.15) is 11.6 Å². The van der Waals surface area contributed by atoms with E-state index in [0.29, 0.717) is 0 Å². The molecule has 4 rings (SSSR count). The third kappa shape index (κ3) is 4.36. The van der Waals surface area contributed by atoms with Crippen LogP contribution < -0.4 is 19.4 Å². The number of carbonyl (C=O) groups excluding carboxylic acids is 1. The zero-order chi connectivity index (χ0) is 20.2. The van der Waals surface area contributed by atoms with Crippen molar-refractivity contribution in [3.05, 3.63) is 36.5 Å². The zero-order valence-corrected chi connectivity index (χ0v) is 17.1. The molecule has 8 heteroatoms. The number of hydrogen-bond acceptors (Lipinski definition) is 7. The van der Waals surface area contributed by atoms with Crippen LogP contribution >= 0.6 is 0 Å². The van der Waals surface area contributed by atoms with Crippen molar-refractivity contribution in [2.24, 2.45) is 0 Å². The average Bonchev–Trinajstić information content (AvgIpc) is 2.79. The Kier molecular flexibility index (Phi) is 5.69. The third-order valence-electron chi connectivity index (χ3n) is 5.68. The van der Waals surface area contributed by atoms with Gasteiger partial charge in [-0.2, -0.15) is 4.98 Å². The fraction of sp³-hybridized carbons (Fsp3) is 0.476. The quantitative estimate of drug-likeness (QED) is 0.776. The summed E-state index contributed by atoms with van der Waals surface area (Å²) in [6.07, 6.45) is 1.84. The van der Waals surface area contributed by atoms with E-state index in [4.69, 9.17) is 9.72 Å². The Bertz CT molecular complexity index is 827. The summed E-state index contributed by atoms with van der Waals surface area (Å²) in [6.45, 7) is 8.35. The molecular formula is C21H28N6O2. The van der Waals surface area contributed by atoms with Crippen LogP contribution in [-0.2, 0) is 4.79 Å². The highest BCUT2D eigenvalue weighted by molar-refractivity contribution is 5.73. The number of rotatable bonds is 4. The van der Waals surface area contributed by atoms with E-state index in [2.05, 4.69) is 31.8 Å². The number of amides is 1. The van der Waals surface area contributed by atoms with E-state index in [-0.39, 0.29) is 5.91 Å². The van der Waals surface area contributed by atoms with Crippen molar-refractivity contribution in [3.63, 3.8) is 0 Å². The molecule has 29 heavy (non-hydrogen) atoms. The molecule has 8 nitrogen and oxygen atoms in total. The van der Waals surface area contributed by atoms with Crippen LogP contribution in [-0.4, -0.2) is 80.2 Å². The lowest BCUT2D eigenvalue weighted by atomic mass is 10.2. The molecule has 0 spiro atoms. The predicted octanol–water partition coefficient (Wildman–Crippen LogP) is 1.48. The van der Waals surface area contributed by atoms with Crippen LogP contribution in [0.3, 0.4) is 0 Å². The lowest BCUT2D eigenvalue weighted by Crippen LogP contribution is -2.49. The fourth-order valence-electron chi connectivity index (χ4n) is 3.88. The van der Waals surface area contributed by atoms with Crippen molar-refractivity contribution >= 4 is 23.4 Å². The fourth-order valence-corrected chi connectivity index (χ4v) is 3.88. The van der Waals surface area contributed by atoms with Gasteiger partial charge in [-0.15, -0.1) is 0 Å². The monoisotopic (exact) mass is 396 g/mol. The van der Waals surface area contributed by atoms with Gasteiger partial charge < -0.3 is 24.3 Å². The van der Waals surface area contributed by atoms with E-state index < -0.39 is 0 Å². The van der Waals surface area contributed by atoms with Crippen LogP contribution in [0.4, 0.5) is 17.5 Å². The van der Waals surface area contributed by atoms with Gasteiger partial charge in [0.25, 0.3) is 0 Å². The molecule has 2 aromatic rings. The van der Waals surface area contributed by atoms with Crippen LogP contribution in [0.15, 0.2) is 36.5 Å². The number of carbonyl (C=O) groups is 1. The van der Waals surface area contributed by atoms with Gasteiger partial charge in [0, 0.05) is 71.2 Å². The summed E-state index contributed by atoms with van der Waals surface area (Å²) < 4.78 is 5.25. The minimum atomic E-state index is 0.133. The number of methoxy groups -OCH3 is 1. The standard InChI is InChI=1S/C21H28N6O2/c1-17(28)24-9-15-27(16-10-24)21-22-8-7-20(23-21)26-13-11-25(12-14-26)18-3-5-19(29-2)6-4-18/h3-8H,9-16H2,1-2H3. The lowest BCUT2D eigenvalue weighted by molar-refractivity contribution is -0.129. The van der Waals surface area contributed by atoms with Gasteiger partial charge in [-0.1, -0.05) is 0 Å². The summed E-state index contributed by atoms with van der Waals surface area (Å²) in [4.78, 5) is 29.5. The summed E-state index contributed by atoms with van der Waals surface area (Å²) in [7, 11) is 1.69. The summed E-state index contributed by atoms with van der Waals surface area (Å²) in [5.41, 5.74) is 1.22. The van der Waals surface area contributed by atoms with E-state index in [1.165, 1.54) is 5.69 Å². The van der Waals surface area contributed by atoms with Crippen LogP contribution in [0.5, 0.6) is 5.75 Å². The number of ether oxygens (including phenoxy) is 1. The minimum absolute atomic E-state index is 0.133. The SMILES string of the molecule is COc1ccc(N2CCN(c3ccnc(N4CCN(C(C)=O)CC4)n3)CC2)cc1. The summed E-state index contributed by atoms with van der Waals surface area (Å²) in [5.74, 6) is 2.74. The van der Waals surface area contributed by atoms with Crippen LogP contribution in [0.1, 0.15) is 6.92 Å². The number of aromatic nitrogens is 2. The summed E-state index contributed by atoms with van der Waals surface area (Å²) >= 11 is 0. The van der Waals surface area contributed by atoms with Crippen molar-refractivity contribution in [2.75, 3.05) is 74.2 Å². The van der Waals surface area contributed by atoms with E-state index in [1.54, 1.807) is 14.0 Å². The van der Waals surface area contributed by atoms with Gasteiger partial charge in [0.15, 0.2) is 0 Å². The molecule has 2 fully saturated rings. The zero-order valence-electron chi connectivity index (χ0n) is 17.1. The van der Waals surface area contributed by atoms with Crippen LogP contribution in [0.2, 0.25) is 0 Å². The van der Waals surface area contributed by atoms with Gasteiger partial charge >= 0.3 is 0 Å². The summed E-state index contributed by atoms with van der Waals surface area (Å²) in [6, 6.07) is 10.2. The Morgan fingerprint density at radius 1 is 0.862 bits per heavy atom. The normalized spacial score (nSPS) is 17.4. The Labute approximate surface area is 171 Å². The molecule has 0 N–H and O–H groups in total. The molecule has 1 aromatic carbocycles. The first-order valence-electron chi connectivity index (χ1n) is 10.1. The maximum Gasteiger partial charge on any atom is 0.227 e. The molecule has 1 aromatic heterocycles. The molecule has 0 radical (unpaired) electrons. The first-order valence-corrected chi connectivity index (χ1v) is 10.1. The molecule has 2 saturated heterocycles. The van der Waals surface area contributed by atoms with E-state index in [9.17, 15) is 4.79 Å². The number of hydrogen-bond donors (Lipinski definition) is 0. The molecule has 154 valence electrons. The van der Waals surface area contributed by atoms with Gasteiger partial charge in [-0.05, 0) is 30.3 Å². The highest BCUT2D eigenvalue weighted by Crippen LogP contribution is 2.23. The van der Waals surface area contributed by atoms with Crippen molar-refractivity contribution in [3.8, 4) is 5.75 Å². The first kappa shape index (κ1) is 19.3. The molecule has 2 aliphatic rings. The van der Waals surface area contributed by atoms with E-state index in [0.717, 1.165) is 69.9 Å². The molecule has 1 amide bonds. The van der Waals surface area contributed by atoms with Gasteiger partial charge in [-0.25, -0.2) is 4.98 Å². The summed E-state index contributed by atoms with van der Waals surface area (Å²) in [5, 5.41) is 0. The molecule has 0 aliphatic carbocycles. The Morgan fingerprint density at radius 2 is 1.48 bits per heavy atom. The Morgan fingerprint density at radius 3 is 2.10 bits per heavy atom. The van der Waals surface area contributed by atoms with E-state index >= 15 is 0 Å². The van der Waals surface area contributed by atoms with Crippen molar-refractivity contribution in [2.45, 2.75) is 6.92 Å². The molecular weight excluding hydrogens is 368 g/mol. The largest absolute Gasteiger partial charge is 0.497 e. The first-order chi connectivity index (χ1) is 14.1. The molecule has 2 aliphatic heterocycles. The van der Waals surface area contributed by atoms with E-state index in [1.807, 2.05) is 29.3 Å². The minimum Gasteiger partial charge on any atom is -0.497 e. The molecule has 0 bridgehead atoms.